The van der Waals surface area contributed by atoms with Gasteiger partial charge >= 0.3 is 0 Å². The van der Waals surface area contributed by atoms with Gasteiger partial charge in [0.1, 0.15) is 18.4 Å². The first-order valence-electron chi connectivity index (χ1n) is 10.4. The Kier molecular flexibility index (Phi) is 10.4. The Balaban J connectivity index is 0.00000176. The SMILES string of the molecule is CO.COc1cc2ncnc(Nc3cccc(C#N)c3)c2cc1OCCCCCCC=O. The van der Waals surface area contributed by atoms with Crippen LogP contribution in [0.4, 0.5) is 11.5 Å². The van der Waals surface area contributed by atoms with Gasteiger partial charge in [0.25, 0.3) is 0 Å². The van der Waals surface area contributed by atoms with E-state index in [9.17, 15) is 4.79 Å². The summed E-state index contributed by atoms with van der Waals surface area (Å²) in [5, 5.41) is 20.2. The molecule has 0 aliphatic rings. The zero-order valence-electron chi connectivity index (χ0n) is 18.4. The number of unbranched alkanes of at least 4 members (excludes halogenated alkanes) is 4. The number of aliphatic hydroxyl groups is 1. The maximum Gasteiger partial charge on any atom is 0.162 e. The van der Waals surface area contributed by atoms with Crippen LogP contribution in [0, 0.1) is 11.3 Å². The van der Waals surface area contributed by atoms with Gasteiger partial charge in [0.05, 0.1) is 30.9 Å². The van der Waals surface area contributed by atoms with Crippen molar-refractivity contribution < 1.29 is 19.4 Å². The molecule has 0 unspecified atom stereocenters. The van der Waals surface area contributed by atoms with E-state index in [4.69, 9.17) is 19.8 Å². The third kappa shape index (κ3) is 6.93. The van der Waals surface area contributed by atoms with Crippen LogP contribution in [0.25, 0.3) is 10.9 Å². The molecule has 8 heteroatoms. The Morgan fingerprint density at radius 1 is 1.09 bits per heavy atom. The molecule has 0 spiro atoms. The lowest BCUT2D eigenvalue weighted by Crippen LogP contribution is -2.01. The number of ether oxygens (including phenoxy) is 2. The van der Waals surface area contributed by atoms with E-state index >= 15 is 0 Å². The van der Waals surface area contributed by atoms with Crippen LogP contribution in [0.1, 0.15) is 37.7 Å². The normalized spacial score (nSPS) is 9.94. The lowest BCUT2D eigenvalue weighted by Gasteiger charge is -2.14. The number of rotatable bonds is 11. The molecule has 8 nitrogen and oxygen atoms in total. The van der Waals surface area contributed by atoms with Crippen molar-refractivity contribution in [3.63, 3.8) is 0 Å². The fourth-order valence-electron chi connectivity index (χ4n) is 3.10. The van der Waals surface area contributed by atoms with Gasteiger partial charge in [0, 0.05) is 30.7 Å². The van der Waals surface area contributed by atoms with Gasteiger partial charge in [0.15, 0.2) is 11.5 Å². The first-order chi connectivity index (χ1) is 15.7. The number of nitriles is 1. The van der Waals surface area contributed by atoms with Gasteiger partial charge in [-0.3, -0.25) is 0 Å². The maximum atomic E-state index is 10.4. The third-order valence-corrected chi connectivity index (χ3v) is 4.65. The molecule has 3 aromatic rings. The van der Waals surface area contributed by atoms with Crippen LogP contribution in [0.3, 0.4) is 0 Å². The lowest BCUT2D eigenvalue weighted by atomic mass is 10.1. The maximum absolute atomic E-state index is 10.4. The molecule has 2 N–H and O–H groups in total. The van der Waals surface area contributed by atoms with Crippen molar-refractivity contribution in [1.29, 1.82) is 5.26 Å². The van der Waals surface area contributed by atoms with Crippen LogP contribution in [-0.4, -0.2) is 42.2 Å². The van der Waals surface area contributed by atoms with E-state index in [-0.39, 0.29) is 0 Å². The molecule has 0 amide bonds. The highest BCUT2D eigenvalue weighted by Gasteiger charge is 2.12. The monoisotopic (exact) mass is 436 g/mol. The summed E-state index contributed by atoms with van der Waals surface area (Å²) in [5.74, 6) is 1.86. The Hall–Kier alpha value is -3.70. The third-order valence-electron chi connectivity index (χ3n) is 4.65. The number of hydrogen-bond acceptors (Lipinski definition) is 8. The molecule has 0 atom stereocenters. The second kappa shape index (κ2) is 13.6. The van der Waals surface area contributed by atoms with Crippen LogP contribution in [0.5, 0.6) is 11.5 Å². The molecule has 0 bridgehead atoms. The molecule has 32 heavy (non-hydrogen) atoms. The highest BCUT2D eigenvalue weighted by atomic mass is 16.5. The summed E-state index contributed by atoms with van der Waals surface area (Å²) in [5.41, 5.74) is 2.06. The van der Waals surface area contributed by atoms with Gasteiger partial charge in [-0.05, 0) is 37.1 Å². The van der Waals surface area contributed by atoms with E-state index in [0.717, 1.165) is 55.7 Å². The fourth-order valence-corrected chi connectivity index (χ4v) is 3.10. The number of nitrogens with one attached hydrogen (secondary N) is 1. The number of hydrogen-bond donors (Lipinski definition) is 2. The highest BCUT2D eigenvalue weighted by Crippen LogP contribution is 2.35. The van der Waals surface area contributed by atoms with Crippen LogP contribution in [0.15, 0.2) is 42.7 Å². The van der Waals surface area contributed by atoms with Gasteiger partial charge in [-0.2, -0.15) is 5.26 Å². The Bertz CT molecular complexity index is 1050. The predicted molar refractivity (Wildman–Crippen MR) is 123 cm³/mol. The van der Waals surface area contributed by atoms with Crippen LogP contribution >= 0.6 is 0 Å². The van der Waals surface area contributed by atoms with Crippen molar-refractivity contribution >= 4 is 28.7 Å². The van der Waals surface area contributed by atoms with Gasteiger partial charge in [-0.15, -0.1) is 0 Å². The van der Waals surface area contributed by atoms with E-state index in [0.29, 0.717) is 35.9 Å². The van der Waals surface area contributed by atoms with Crippen molar-refractivity contribution in [2.75, 3.05) is 26.1 Å². The number of aromatic nitrogens is 2. The lowest BCUT2D eigenvalue weighted by molar-refractivity contribution is -0.107. The second-order valence-electron chi connectivity index (χ2n) is 6.78. The molecule has 1 aromatic heterocycles. The summed E-state index contributed by atoms with van der Waals surface area (Å²) in [6.07, 6.45) is 6.90. The molecule has 0 fully saturated rings. The predicted octanol–water partition coefficient (Wildman–Crippen LogP) is 4.39. The molecule has 3 rings (SSSR count). The number of carbonyl (C=O) groups excluding carboxylic acids is 1. The summed E-state index contributed by atoms with van der Waals surface area (Å²) >= 11 is 0. The van der Waals surface area contributed by atoms with E-state index in [2.05, 4.69) is 21.4 Å². The number of methoxy groups -OCH3 is 1. The summed E-state index contributed by atoms with van der Waals surface area (Å²) in [7, 11) is 2.60. The van der Waals surface area contributed by atoms with Crippen LogP contribution in [-0.2, 0) is 4.79 Å². The van der Waals surface area contributed by atoms with E-state index in [1.165, 1.54) is 6.33 Å². The highest BCUT2D eigenvalue weighted by molar-refractivity contribution is 5.93. The molecule has 1 heterocycles. The summed E-state index contributed by atoms with van der Waals surface area (Å²) in [4.78, 5) is 19.1. The number of aldehydes is 1. The number of benzene rings is 2. The molecule has 0 saturated carbocycles. The van der Waals surface area contributed by atoms with E-state index < -0.39 is 0 Å². The smallest absolute Gasteiger partial charge is 0.162 e. The standard InChI is InChI=1S/C23H24N4O3.CH4O/c1-29-21-14-20-19(13-22(21)30-11-6-4-2-3-5-10-28)23(26-16-25-20)27-18-9-7-8-17(12-18)15-24;1-2/h7-10,12-14,16H,2-6,11H2,1H3,(H,25,26,27);2H,1H3. The minimum Gasteiger partial charge on any atom is -0.493 e. The number of nitrogens with zero attached hydrogens (tertiary/aromatic N) is 3. The molecule has 0 radical (unpaired) electrons. The van der Waals surface area contributed by atoms with E-state index in [1.807, 2.05) is 24.3 Å². The Labute approximate surface area is 187 Å². The molecule has 0 aliphatic carbocycles. The minimum atomic E-state index is 0.559. The minimum absolute atomic E-state index is 0.559. The zero-order valence-corrected chi connectivity index (χ0v) is 18.4. The average molecular weight is 437 g/mol. The van der Waals surface area contributed by atoms with Gasteiger partial charge < -0.3 is 24.7 Å². The van der Waals surface area contributed by atoms with E-state index in [1.54, 1.807) is 19.2 Å². The first kappa shape index (κ1) is 24.6. The zero-order chi connectivity index (χ0) is 23.2. The molecular formula is C24H28N4O4. The van der Waals surface area contributed by atoms with Crippen molar-refractivity contribution in [3.05, 3.63) is 48.3 Å². The quantitative estimate of drug-likeness (QED) is 0.336. The largest absolute Gasteiger partial charge is 0.493 e. The van der Waals surface area contributed by atoms with Gasteiger partial charge in [-0.1, -0.05) is 18.9 Å². The number of aliphatic hydroxyl groups excluding tert-OH is 1. The summed E-state index contributed by atoms with van der Waals surface area (Å²) < 4.78 is 11.4. The average Bonchev–Trinajstić information content (AvgIpc) is 2.84. The van der Waals surface area contributed by atoms with Crippen LogP contribution in [0.2, 0.25) is 0 Å². The molecular weight excluding hydrogens is 408 g/mol. The molecule has 168 valence electrons. The number of anilines is 2. The Morgan fingerprint density at radius 3 is 2.66 bits per heavy atom. The molecule has 2 aromatic carbocycles. The summed E-state index contributed by atoms with van der Waals surface area (Å²) in [6.45, 7) is 0.559. The topological polar surface area (TPSA) is 117 Å². The summed E-state index contributed by atoms with van der Waals surface area (Å²) in [6, 6.07) is 13.0. The number of fused-ring (bicyclic) bond motifs is 1. The van der Waals surface area contributed by atoms with Gasteiger partial charge in [-0.25, -0.2) is 9.97 Å². The molecule has 0 aliphatic heterocycles. The fraction of sp³-hybridized carbons (Fsp3) is 0.333. The first-order valence-corrected chi connectivity index (χ1v) is 10.4. The van der Waals surface area contributed by atoms with Crippen molar-refractivity contribution in [1.82, 2.24) is 9.97 Å². The Morgan fingerprint density at radius 2 is 1.91 bits per heavy atom. The number of carbonyl (C=O) groups is 1. The van der Waals surface area contributed by atoms with Crippen LogP contribution < -0.4 is 14.8 Å². The van der Waals surface area contributed by atoms with Crippen molar-refractivity contribution in [2.45, 2.75) is 32.1 Å². The molecule has 0 saturated heterocycles. The van der Waals surface area contributed by atoms with Crippen molar-refractivity contribution in [3.8, 4) is 17.6 Å². The van der Waals surface area contributed by atoms with Crippen molar-refractivity contribution in [2.24, 2.45) is 0 Å². The van der Waals surface area contributed by atoms with Gasteiger partial charge in [0.2, 0.25) is 0 Å². The second-order valence-corrected chi connectivity index (χ2v) is 6.78.